The topological polar surface area (TPSA) is 83.6 Å². The van der Waals surface area contributed by atoms with E-state index < -0.39 is 33.6 Å². The SMILES string of the molecule is CCN(C(=O)C(Cc1ccc(F)cc1)C(=O)NS(=O)(=O)/C=C/c1ccccc1)c1ccccc1. The third kappa shape index (κ3) is 6.86. The Morgan fingerprint density at radius 2 is 1.53 bits per heavy atom. The molecule has 34 heavy (non-hydrogen) atoms. The summed E-state index contributed by atoms with van der Waals surface area (Å²) in [4.78, 5) is 27.9. The highest BCUT2D eigenvalue weighted by molar-refractivity contribution is 7.93. The molecular weight excluding hydrogens is 455 g/mol. The van der Waals surface area contributed by atoms with Gasteiger partial charge in [0.05, 0.1) is 5.41 Å². The quantitative estimate of drug-likeness (QED) is 0.467. The summed E-state index contributed by atoms with van der Waals surface area (Å²) in [5.74, 6) is -3.31. The number of para-hydroxylation sites is 1. The van der Waals surface area contributed by atoms with Gasteiger partial charge in [-0.3, -0.25) is 9.59 Å². The Bertz CT molecular complexity index is 1240. The molecule has 0 bridgehead atoms. The molecule has 0 aromatic heterocycles. The lowest BCUT2D eigenvalue weighted by molar-refractivity contribution is -0.132. The molecule has 0 aliphatic carbocycles. The van der Waals surface area contributed by atoms with Crippen LogP contribution in [0.5, 0.6) is 0 Å². The van der Waals surface area contributed by atoms with Crippen molar-refractivity contribution >= 4 is 33.6 Å². The Morgan fingerprint density at radius 3 is 2.12 bits per heavy atom. The van der Waals surface area contributed by atoms with E-state index in [0.717, 1.165) is 5.41 Å². The fraction of sp³-hybridized carbons (Fsp3) is 0.154. The van der Waals surface area contributed by atoms with E-state index in [2.05, 4.69) is 0 Å². The van der Waals surface area contributed by atoms with Crippen molar-refractivity contribution in [1.29, 1.82) is 0 Å². The van der Waals surface area contributed by atoms with Crippen LogP contribution in [-0.4, -0.2) is 26.8 Å². The first-order valence-electron chi connectivity index (χ1n) is 10.7. The molecule has 0 radical (unpaired) electrons. The maximum absolute atomic E-state index is 13.4. The summed E-state index contributed by atoms with van der Waals surface area (Å²) in [6.07, 6.45) is 1.26. The van der Waals surface area contributed by atoms with Gasteiger partial charge in [0.2, 0.25) is 11.8 Å². The minimum Gasteiger partial charge on any atom is -0.312 e. The van der Waals surface area contributed by atoms with Gasteiger partial charge in [-0.2, -0.15) is 0 Å². The number of carbonyl (C=O) groups excluding carboxylic acids is 2. The third-order valence-electron chi connectivity index (χ3n) is 5.10. The largest absolute Gasteiger partial charge is 0.312 e. The zero-order valence-electron chi connectivity index (χ0n) is 18.6. The van der Waals surface area contributed by atoms with Crippen LogP contribution >= 0.6 is 0 Å². The Kier molecular flexibility index (Phi) is 8.32. The summed E-state index contributed by atoms with van der Waals surface area (Å²) >= 11 is 0. The van der Waals surface area contributed by atoms with Gasteiger partial charge in [0, 0.05) is 12.2 Å². The fourth-order valence-corrected chi connectivity index (χ4v) is 4.21. The molecule has 1 atom stereocenters. The van der Waals surface area contributed by atoms with Crippen molar-refractivity contribution in [1.82, 2.24) is 4.72 Å². The standard InChI is InChI=1S/C26H25FN2O4S/c1-2-29(23-11-7-4-8-12-23)26(31)24(19-21-13-15-22(27)16-14-21)25(30)28-34(32,33)18-17-20-9-5-3-6-10-20/h3-18,24H,2,19H2,1H3,(H,28,30)/b18-17+. The van der Waals surface area contributed by atoms with Gasteiger partial charge in [0.25, 0.3) is 10.0 Å². The van der Waals surface area contributed by atoms with E-state index in [-0.39, 0.29) is 13.0 Å². The predicted molar refractivity (Wildman–Crippen MR) is 131 cm³/mol. The molecule has 6 nitrogen and oxygen atoms in total. The second-order valence-corrected chi connectivity index (χ2v) is 9.09. The van der Waals surface area contributed by atoms with Gasteiger partial charge in [0.15, 0.2) is 0 Å². The molecular formula is C26H25FN2O4S. The Balaban J connectivity index is 1.87. The van der Waals surface area contributed by atoms with Gasteiger partial charge >= 0.3 is 0 Å². The second-order valence-electron chi connectivity index (χ2n) is 7.53. The number of anilines is 1. The molecule has 0 fully saturated rings. The van der Waals surface area contributed by atoms with E-state index >= 15 is 0 Å². The maximum Gasteiger partial charge on any atom is 0.257 e. The van der Waals surface area contributed by atoms with E-state index in [1.807, 2.05) is 4.72 Å². The van der Waals surface area contributed by atoms with Crippen LogP contribution in [0.15, 0.2) is 90.3 Å². The van der Waals surface area contributed by atoms with Gasteiger partial charge in [-0.1, -0.05) is 60.7 Å². The first-order valence-corrected chi connectivity index (χ1v) is 12.2. The summed E-state index contributed by atoms with van der Waals surface area (Å²) in [5.41, 5.74) is 1.75. The highest BCUT2D eigenvalue weighted by atomic mass is 32.2. The molecule has 3 aromatic rings. The van der Waals surface area contributed by atoms with E-state index in [9.17, 15) is 22.4 Å². The monoisotopic (exact) mass is 480 g/mol. The lowest BCUT2D eigenvalue weighted by Crippen LogP contribution is -2.46. The Labute approximate surface area is 198 Å². The van der Waals surface area contributed by atoms with Crippen LogP contribution in [0.3, 0.4) is 0 Å². The van der Waals surface area contributed by atoms with Crippen molar-refractivity contribution in [3.05, 3.63) is 107 Å². The minimum atomic E-state index is -4.16. The molecule has 0 heterocycles. The number of sulfonamides is 1. The molecule has 176 valence electrons. The number of nitrogens with one attached hydrogen (secondary N) is 1. The molecule has 1 unspecified atom stereocenters. The molecule has 2 amide bonds. The Hall–Kier alpha value is -3.78. The molecule has 0 saturated heterocycles. The zero-order valence-corrected chi connectivity index (χ0v) is 19.4. The summed E-state index contributed by atoms with van der Waals surface area (Å²) in [6.45, 7) is 2.04. The van der Waals surface area contributed by atoms with Crippen molar-refractivity contribution in [3.63, 3.8) is 0 Å². The smallest absolute Gasteiger partial charge is 0.257 e. The van der Waals surface area contributed by atoms with Crippen LogP contribution in [0.2, 0.25) is 0 Å². The number of rotatable bonds is 9. The number of amides is 2. The minimum absolute atomic E-state index is 0.0911. The van der Waals surface area contributed by atoms with Crippen LogP contribution in [0, 0.1) is 11.7 Å². The molecule has 0 aliphatic heterocycles. The molecule has 0 spiro atoms. The van der Waals surface area contributed by atoms with E-state index in [1.165, 1.54) is 35.2 Å². The zero-order chi connectivity index (χ0) is 24.6. The van der Waals surface area contributed by atoms with E-state index in [1.54, 1.807) is 67.6 Å². The molecule has 1 N–H and O–H groups in total. The summed E-state index contributed by atoms with van der Waals surface area (Å²) < 4.78 is 40.5. The van der Waals surface area contributed by atoms with E-state index in [0.29, 0.717) is 16.8 Å². The third-order valence-corrected chi connectivity index (χ3v) is 6.08. The lowest BCUT2D eigenvalue weighted by Gasteiger charge is -2.26. The summed E-state index contributed by atoms with van der Waals surface area (Å²) in [5, 5.41) is 0.883. The number of hydrogen-bond donors (Lipinski definition) is 1. The van der Waals surface area contributed by atoms with Crippen LogP contribution < -0.4 is 9.62 Å². The first-order chi connectivity index (χ1) is 16.3. The molecule has 3 aromatic carbocycles. The number of hydrogen-bond acceptors (Lipinski definition) is 4. The van der Waals surface area contributed by atoms with Crippen molar-refractivity contribution in [2.75, 3.05) is 11.4 Å². The number of nitrogens with zero attached hydrogens (tertiary/aromatic N) is 1. The average molecular weight is 481 g/mol. The first kappa shape index (κ1) is 24.9. The number of halogens is 1. The fourth-order valence-electron chi connectivity index (χ4n) is 3.39. The van der Waals surface area contributed by atoms with Crippen molar-refractivity contribution in [3.8, 4) is 0 Å². The van der Waals surface area contributed by atoms with Crippen LogP contribution in [0.4, 0.5) is 10.1 Å². The maximum atomic E-state index is 13.4. The molecule has 0 saturated carbocycles. The lowest BCUT2D eigenvalue weighted by atomic mass is 9.97. The summed E-state index contributed by atoms with van der Waals surface area (Å²) in [6, 6.07) is 22.9. The number of carbonyl (C=O) groups is 2. The summed E-state index contributed by atoms with van der Waals surface area (Å²) in [7, 11) is -4.16. The highest BCUT2D eigenvalue weighted by Crippen LogP contribution is 2.20. The van der Waals surface area contributed by atoms with Gasteiger partial charge in [-0.25, -0.2) is 17.5 Å². The van der Waals surface area contributed by atoms with Gasteiger partial charge in [-0.05, 0) is 54.8 Å². The molecule has 8 heteroatoms. The van der Waals surface area contributed by atoms with Gasteiger partial charge in [-0.15, -0.1) is 0 Å². The Morgan fingerprint density at radius 1 is 0.941 bits per heavy atom. The second kappa shape index (κ2) is 11.4. The van der Waals surface area contributed by atoms with Gasteiger partial charge in [0.1, 0.15) is 11.7 Å². The van der Waals surface area contributed by atoms with Crippen LogP contribution in [-0.2, 0) is 26.0 Å². The number of benzene rings is 3. The highest BCUT2D eigenvalue weighted by Gasteiger charge is 2.33. The van der Waals surface area contributed by atoms with Crippen molar-refractivity contribution in [2.45, 2.75) is 13.3 Å². The molecule has 0 aliphatic rings. The van der Waals surface area contributed by atoms with E-state index in [4.69, 9.17) is 0 Å². The van der Waals surface area contributed by atoms with Crippen LogP contribution in [0.1, 0.15) is 18.1 Å². The average Bonchev–Trinajstić information content (AvgIpc) is 2.84. The van der Waals surface area contributed by atoms with Gasteiger partial charge < -0.3 is 4.90 Å². The molecule has 3 rings (SSSR count). The predicted octanol–water partition coefficient (Wildman–Crippen LogP) is 4.15. The normalized spacial score (nSPS) is 12.3. The van der Waals surface area contributed by atoms with Crippen molar-refractivity contribution < 1.29 is 22.4 Å². The van der Waals surface area contributed by atoms with Crippen LogP contribution in [0.25, 0.3) is 6.08 Å². The van der Waals surface area contributed by atoms with Crippen molar-refractivity contribution in [2.24, 2.45) is 5.92 Å².